The topological polar surface area (TPSA) is 6.48 Å². The van der Waals surface area contributed by atoms with Crippen molar-refractivity contribution in [3.8, 4) is 0 Å². The Bertz CT molecular complexity index is 530. The Labute approximate surface area is 188 Å². The zero-order chi connectivity index (χ0) is 21.9. The predicted molar refractivity (Wildman–Crippen MR) is 130 cm³/mol. The normalized spacial score (nSPS) is 30.8. The highest BCUT2D eigenvalue weighted by Crippen LogP contribution is 2.68. The Hall–Kier alpha value is -0.0800. The van der Waals surface area contributed by atoms with Crippen molar-refractivity contribution in [3.63, 3.8) is 0 Å². The van der Waals surface area contributed by atoms with Gasteiger partial charge in [0.1, 0.15) is 0 Å². The van der Waals surface area contributed by atoms with Gasteiger partial charge in [-0.25, -0.2) is 0 Å². The third-order valence-electron chi connectivity index (χ3n) is 11.6. The first kappa shape index (κ1) is 23.1. The number of nitrogens with zero attached hydrogens (tertiary/aromatic N) is 2. The number of hydrogen-bond acceptors (Lipinski definition) is 2. The number of likely N-dealkylation sites (tertiary alicyclic amines) is 2. The van der Waals surface area contributed by atoms with Gasteiger partial charge in [-0.1, -0.05) is 27.7 Å². The molecule has 4 rings (SSSR count). The van der Waals surface area contributed by atoms with E-state index in [1.54, 1.807) is 0 Å². The summed E-state index contributed by atoms with van der Waals surface area (Å²) >= 11 is 0. The molecule has 30 heavy (non-hydrogen) atoms. The van der Waals surface area contributed by atoms with Crippen LogP contribution in [0.3, 0.4) is 0 Å². The van der Waals surface area contributed by atoms with E-state index in [1.165, 1.54) is 77.5 Å². The van der Waals surface area contributed by atoms with E-state index in [4.69, 9.17) is 0 Å². The Balaban J connectivity index is 1.31. The monoisotopic (exact) mass is 416 g/mol. The van der Waals surface area contributed by atoms with Crippen LogP contribution in [0.5, 0.6) is 0 Å². The van der Waals surface area contributed by atoms with Gasteiger partial charge in [0.25, 0.3) is 0 Å². The van der Waals surface area contributed by atoms with E-state index in [-0.39, 0.29) is 0 Å². The summed E-state index contributed by atoms with van der Waals surface area (Å²) in [6, 6.07) is 1.46. The van der Waals surface area contributed by atoms with Gasteiger partial charge < -0.3 is 9.80 Å². The van der Waals surface area contributed by atoms with Crippen LogP contribution in [0.25, 0.3) is 0 Å². The van der Waals surface area contributed by atoms with Gasteiger partial charge in [0, 0.05) is 12.1 Å². The van der Waals surface area contributed by atoms with Crippen LogP contribution in [0.1, 0.15) is 107 Å². The average Bonchev–Trinajstić information content (AvgIpc) is 2.63. The lowest BCUT2D eigenvalue weighted by Gasteiger charge is -2.65. The van der Waals surface area contributed by atoms with Gasteiger partial charge in [-0.05, 0) is 139 Å². The van der Waals surface area contributed by atoms with Crippen LogP contribution in [0, 0.1) is 33.5 Å². The molecule has 0 N–H and O–H groups in total. The molecule has 2 heterocycles. The van der Waals surface area contributed by atoms with Gasteiger partial charge in [-0.15, -0.1) is 0 Å². The fraction of sp³-hybridized carbons (Fsp3) is 1.00. The molecular formula is C28H52N2. The second-order valence-electron chi connectivity index (χ2n) is 13.9. The molecule has 0 unspecified atom stereocenters. The Kier molecular flexibility index (Phi) is 5.97. The SMILES string of the molecule is CC(C)N1CCC2(CC1)CC(C(C)(C)C(C)(C)C1CC3(CCN(C(C)C)CC3)C1)C2. The van der Waals surface area contributed by atoms with E-state index in [9.17, 15) is 0 Å². The standard InChI is InChI=1S/C28H52N2/c1-21(2)29-13-9-27(10-14-29)17-23(18-27)25(5,6)26(7,8)24-19-28(20-24)11-15-30(16-12-28)22(3)4/h21-24H,9-20H2,1-8H3. The van der Waals surface area contributed by atoms with Crippen LogP contribution in [-0.4, -0.2) is 48.1 Å². The molecule has 2 aliphatic carbocycles. The highest BCUT2D eigenvalue weighted by atomic mass is 15.2. The summed E-state index contributed by atoms with van der Waals surface area (Å²) in [5, 5.41) is 0. The molecule has 2 saturated heterocycles. The van der Waals surface area contributed by atoms with E-state index in [1.807, 2.05) is 0 Å². The first-order chi connectivity index (χ1) is 13.9. The summed E-state index contributed by atoms with van der Waals surface area (Å²) in [6.45, 7) is 25.4. The van der Waals surface area contributed by atoms with Gasteiger partial charge >= 0.3 is 0 Å². The van der Waals surface area contributed by atoms with Crippen molar-refractivity contribution >= 4 is 0 Å². The van der Waals surface area contributed by atoms with E-state index in [0.717, 1.165) is 23.9 Å². The fourth-order valence-corrected chi connectivity index (χ4v) is 7.89. The van der Waals surface area contributed by atoms with Crippen LogP contribution in [0.2, 0.25) is 0 Å². The Morgan fingerprint density at radius 1 is 0.567 bits per heavy atom. The maximum absolute atomic E-state index is 2.70. The summed E-state index contributed by atoms with van der Waals surface area (Å²) in [6.07, 6.45) is 11.9. The zero-order valence-corrected chi connectivity index (χ0v) is 21.7. The average molecular weight is 417 g/mol. The van der Waals surface area contributed by atoms with Crippen LogP contribution in [-0.2, 0) is 0 Å². The lowest BCUT2D eigenvalue weighted by molar-refractivity contribution is -0.158. The maximum Gasteiger partial charge on any atom is 0.00385 e. The second-order valence-corrected chi connectivity index (χ2v) is 13.9. The highest BCUT2D eigenvalue weighted by Gasteiger charge is 2.60. The molecule has 2 spiro atoms. The van der Waals surface area contributed by atoms with Crippen molar-refractivity contribution in [2.24, 2.45) is 33.5 Å². The van der Waals surface area contributed by atoms with Gasteiger partial charge in [-0.3, -0.25) is 0 Å². The third-order valence-corrected chi connectivity index (χ3v) is 11.6. The summed E-state index contributed by atoms with van der Waals surface area (Å²) in [5.41, 5.74) is 2.35. The molecule has 0 aromatic carbocycles. The van der Waals surface area contributed by atoms with Gasteiger partial charge in [0.2, 0.25) is 0 Å². The summed E-state index contributed by atoms with van der Waals surface area (Å²) in [7, 11) is 0. The van der Waals surface area contributed by atoms with Crippen molar-refractivity contribution in [1.29, 1.82) is 0 Å². The van der Waals surface area contributed by atoms with Crippen molar-refractivity contribution < 1.29 is 0 Å². The molecule has 174 valence electrons. The predicted octanol–water partition coefficient (Wildman–Crippen LogP) is 6.84. The first-order valence-corrected chi connectivity index (χ1v) is 13.4. The van der Waals surface area contributed by atoms with E-state index in [0.29, 0.717) is 21.7 Å². The second kappa shape index (κ2) is 7.75. The Morgan fingerprint density at radius 3 is 1.07 bits per heavy atom. The maximum atomic E-state index is 2.70. The van der Waals surface area contributed by atoms with Crippen LogP contribution in [0.15, 0.2) is 0 Å². The molecule has 0 amide bonds. The fourth-order valence-electron chi connectivity index (χ4n) is 7.89. The minimum atomic E-state index is 0.471. The van der Waals surface area contributed by atoms with Gasteiger partial charge in [0.05, 0.1) is 0 Å². The molecule has 2 heteroatoms. The van der Waals surface area contributed by atoms with Gasteiger partial charge in [0.15, 0.2) is 0 Å². The Morgan fingerprint density at radius 2 is 0.833 bits per heavy atom. The van der Waals surface area contributed by atoms with E-state index >= 15 is 0 Å². The van der Waals surface area contributed by atoms with Crippen molar-refractivity contribution in [1.82, 2.24) is 9.80 Å². The first-order valence-electron chi connectivity index (χ1n) is 13.4. The summed E-state index contributed by atoms with van der Waals surface area (Å²) in [5.74, 6) is 1.88. The largest absolute Gasteiger partial charge is 0.301 e. The summed E-state index contributed by atoms with van der Waals surface area (Å²) in [4.78, 5) is 5.40. The molecule has 2 nitrogen and oxygen atoms in total. The number of piperidine rings is 2. The van der Waals surface area contributed by atoms with Crippen molar-refractivity contribution in [2.75, 3.05) is 26.2 Å². The number of rotatable bonds is 5. The smallest absolute Gasteiger partial charge is 0.00385 e. The molecular weight excluding hydrogens is 364 g/mol. The third kappa shape index (κ3) is 3.81. The molecule has 0 aromatic heterocycles. The highest BCUT2D eigenvalue weighted by molar-refractivity contribution is 5.10. The molecule has 4 fully saturated rings. The van der Waals surface area contributed by atoms with Crippen LogP contribution < -0.4 is 0 Å². The van der Waals surface area contributed by atoms with E-state index < -0.39 is 0 Å². The van der Waals surface area contributed by atoms with Gasteiger partial charge in [-0.2, -0.15) is 0 Å². The molecule has 0 aromatic rings. The summed E-state index contributed by atoms with van der Waals surface area (Å²) < 4.78 is 0. The van der Waals surface area contributed by atoms with Crippen LogP contribution in [0.4, 0.5) is 0 Å². The lowest BCUT2D eigenvalue weighted by atomic mass is 9.41. The molecule has 2 saturated carbocycles. The minimum Gasteiger partial charge on any atom is -0.301 e. The van der Waals surface area contributed by atoms with Crippen molar-refractivity contribution in [2.45, 2.75) is 119 Å². The van der Waals surface area contributed by atoms with Crippen LogP contribution >= 0.6 is 0 Å². The molecule has 0 bridgehead atoms. The van der Waals surface area contributed by atoms with Crippen molar-refractivity contribution in [3.05, 3.63) is 0 Å². The molecule has 4 aliphatic rings. The number of hydrogen-bond donors (Lipinski definition) is 0. The van der Waals surface area contributed by atoms with E-state index in [2.05, 4.69) is 65.2 Å². The quantitative estimate of drug-likeness (QED) is 0.484. The molecule has 0 atom stereocenters. The minimum absolute atomic E-state index is 0.471. The molecule has 2 aliphatic heterocycles. The molecule has 0 radical (unpaired) electrons. The lowest BCUT2D eigenvalue weighted by Crippen LogP contribution is -2.58. The zero-order valence-electron chi connectivity index (χ0n) is 21.7.